The molecule has 0 bridgehead atoms. The summed E-state index contributed by atoms with van der Waals surface area (Å²) in [5.74, 6) is 0. The molecular weight excluding hydrogens is 180 g/mol. The second-order valence-electron chi connectivity index (χ2n) is 4.63. The van der Waals surface area contributed by atoms with Gasteiger partial charge in [-0.3, -0.25) is 0 Å². The van der Waals surface area contributed by atoms with Crippen molar-refractivity contribution in [2.24, 2.45) is 5.41 Å². The van der Waals surface area contributed by atoms with Crippen molar-refractivity contribution in [1.29, 1.82) is 0 Å². The van der Waals surface area contributed by atoms with E-state index in [1.807, 2.05) is 0 Å². The normalized spacial score (nSPS) is 31.4. The molecule has 1 fully saturated rings. The highest BCUT2D eigenvalue weighted by molar-refractivity contribution is 7.10. The average molecular weight is 196 g/mol. The SMILES string of the molecule is Cc1sccc1C1(O)CCC1(C)C. The molecule has 0 saturated heterocycles. The van der Waals surface area contributed by atoms with Gasteiger partial charge in [-0.2, -0.15) is 0 Å². The maximum atomic E-state index is 10.5. The van der Waals surface area contributed by atoms with Crippen molar-refractivity contribution >= 4 is 11.3 Å². The van der Waals surface area contributed by atoms with Crippen LogP contribution in [-0.4, -0.2) is 5.11 Å². The minimum absolute atomic E-state index is 0.0544. The first kappa shape index (κ1) is 9.22. The molecule has 1 atom stereocenters. The lowest BCUT2D eigenvalue weighted by molar-refractivity contribution is -0.156. The van der Waals surface area contributed by atoms with E-state index < -0.39 is 5.60 Å². The van der Waals surface area contributed by atoms with E-state index in [1.165, 1.54) is 4.88 Å². The van der Waals surface area contributed by atoms with E-state index in [2.05, 4.69) is 32.2 Å². The molecule has 1 aliphatic rings. The molecule has 0 spiro atoms. The minimum atomic E-state index is -0.558. The quantitative estimate of drug-likeness (QED) is 0.732. The lowest BCUT2D eigenvalue weighted by atomic mass is 9.56. The summed E-state index contributed by atoms with van der Waals surface area (Å²) in [6.07, 6.45) is 2.04. The van der Waals surface area contributed by atoms with Crippen molar-refractivity contribution in [1.82, 2.24) is 0 Å². The number of hydrogen-bond donors (Lipinski definition) is 1. The molecule has 1 aliphatic carbocycles. The Bertz CT molecular complexity index is 327. The summed E-state index contributed by atoms with van der Waals surface area (Å²) < 4.78 is 0. The van der Waals surface area contributed by atoms with Crippen molar-refractivity contribution in [2.75, 3.05) is 0 Å². The zero-order valence-electron chi connectivity index (χ0n) is 8.42. The second-order valence-corrected chi connectivity index (χ2v) is 5.75. The third-order valence-electron chi connectivity index (χ3n) is 3.54. The number of rotatable bonds is 1. The van der Waals surface area contributed by atoms with Crippen molar-refractivity contribution < 1.29 is 5.11 Å². The van der Waals surface area contributed by atoms with Crippen LogP contribution in [0.5, 0.6) is 0 Å². The summed E-state index contributed by atoms with van der Waals surface area (Å²) in [4.78, 5) is 1.26. The fraction of sp³-hybridized carbons (Fsp3) is 0.636. The minimum Gasteiger partial charge on any atom is -0.385 e. The van der Waals surface area contributed by atoms with E-state index >= 15 is 0 Å². The van der Waals surface area contributed by atoms with E-state index in [4.69, 9.17) is 0 Å². The Labute approximate surface area is 83.4 Å². The summed E-state index contributed by atoms with van der Waals surface area (Å²) >= 11 is 1.72. The van der Waals surface area contributed by atoms with Gasteiger partial charge in [-0.05, 0) is 42.2 Å². The van der Waals surface area contributed by atoms with E-state index in [9.17, 15) is 5.11 Å². The molecule has 0 amide bonds. The first-order chi connectivity index (χ1) is 5.97. The maximum absolute atomic E-state index is 10.5. The predicted molar refractivity (Wildman–Crippen MR) is 56.0 cm³/mol. The fourth-order valence-corrected chi connectivity index (χ4v) is 2.95. The summed E-state index contributed by atoms with van der Waals surface area (Å²) in [6.45, 7) is 6.38. The summed E-state index contributed by atoms with van der Waals surface area (Å²) in [6, 6.07) is 2.07. The smallest absolute Gasteiger partial charge is 0.0957 e. The lowest BCUT2D eigenvalue weighted by Crippen LogP contribution is -2.51. The Balaban J connectivity index is 2.42. The van der Waals surface area contributed by atoms with Crippen LogP contribution < -0.4 is 0 Å². The third kappa shape index (κ3) is 1.09. The highest BCUT2D eigenvalue weighted by Crippen LogP contribution is 2.56. The fourth-order valence-electron chi connectivity index (χ4n) is 2.18. The van der Waals surface area contributed by atoms with Crippen LogP contribution in [0, 0.1) is 12.3 Å². The average Bonchev–Trinajstić information content (AvgIpc) is 2.48. The molecule has 1 N–H and O–H groups in total. The standard InChI is InChI=1S/C11H16OS/c1-8-9(4-7-13-8)11(12)6-5-10(11,2)3/h4,7,12H,5-6H2,1-3H3. The van der Waals surface area contributed by atoms with Crippen molar-refractivity contribution in [2.45, 2.75) is 39.2 Å². The second kappa shape index (κ2) is 2.58. The molecule has 1 heterocycles. The third-order valence-corrected chi connectivity index (χ3v) is 4.38. The molecule has 0 radical (unpaired) electrons. The molecule has 2 rings (SSSR count). The van der Waals surface area contributed by atoms with Crippen molar-refractivity contribution in [3.8, 4) is 0 Å². The zero-order chi connectivity index (χ0) is 9.69. The number of hydrogen-bond acceptors (Lipinski definition) is 2. The van der Waals surface area contributed by atoms with Crippen LogP contribution in [0.4, 0.5) is 0 Å². The van der Waals surface area contributed by atoms with Crippen LogP contribution in [0.1, 0.15) is 37.1 Å². The highest BCUT2D eigenvalue weighted by Gasteiger charge is 2.53. The Hall–Kier alpha value is -0.340. The van der Waals surface area contributed by atoms with Gasteiger partial charge in [0.15, 0.2) is 0 Å². The van der Waals surface area contributed by atoms with Crippen LogP contribution in [-0.2, 0) is 5.60 Å². The number of thiophene rings is 1. The molecular formula is C11H16OS. The molecule has 13 heavy (non-hydrogen) atoms. The van der Waals surface area contributed by atoms with Gasteiger partial charge in [0.2, 0.25) is 0 Å². The Kier molecular flexibility index (Phi) is 1.83. The van der Waals surface area contributed by atoms with Crippen molar-refractivity contribution in [3.63, 3.8) is 0 Å². The maximum Gasteiger partial charge on any atom is 0.0957 e. The molecule has 0 aliphatic heterocycles. The van der Waals surface area contributed by atoms with Gasteiger partial charge in [0.25, 0.3) is 0 Å². The van der Waals surface area contributed by atoms with Gasteiger partial charge in [0.05, 0.1) is 5.60 Å². The summed E-state index contributed by atoms with van der Waals surface area (Å²) in [5.41, 5.74) is 0.643. The lowest BCUT2D eigenvalue weighted by Gasteiger charge is -2.52. The van der Waals surface area contributed by atoms with Gasteiger partial charge < -0.3 is 5.11 Å². The Morgan fingerprint density at radius 2 is 2.08 bits per heavy atom. The topological polar surface area (TPSA) is 20.2 Å². The van der Waals surface area contributed by atoms with Gasteiger partial charge in [-0.15, -0.1) is 11.3 Å². The molecule has 0 aromatic carbocycles. The molecule has 1 nitrogen and oxygen atoms in total. The predicted octanol–water partition coefficient (Wildman–Crippen LogP) is 3.06. The molecule has 72 valence electrons. The summed E-state index contributed by atoms with van der Waals surface area (Å²) in [5, 5.41) is 12.6. The Morgan fingerprint density at radius 3 is 2.38 bits per heavy atom. The van der Waals surface area contributed by atoms with Crippen molar-refractivity contribution in [3.05, 3.63) is 21.9 Å². The van der Waals surface area contributed by atoms with Gasteiger partial charge in [0.1, 0.15) is 0 Å². The van der Waals surface area contributed by atoms with E-state index in [-0.39, 0.29) is 5.41 Å². The molecule has 1 saturated carbocycles. The Morgan fingerprint density at radius 1 is 1.38 bits per heavy atom. The van der Waals surface area contributed by atoms with E-state index in [1.54, 1.807) is 11.3 Å². The van der Waals surface area contributed by atoms with Crippen LogP contribution in [0.2, 0.25) is 0 Å². The highest BCUT2D eigenvalue weighted by atomic mass is 32.1. The first-order valence-corrected chi connectivity index (χ1v) is 5.62. The monoisotopic (exact) mass is 196 g/mol. The first-order valence-electron chi connectivity index (χ1n) is 4.74. The van der Waals surface area contributed by atoms with Gasteiger partial charge >= 0.3 is 0 Å². The largest absolute Gasteiger partial charge is 0.385 e. The molecule has 2 heteroatoms. The summed E-state index contributed by atoms with van der Waals surface area (Å²) in [7, 11) is 0. The van der Waals surface area contributed by atoms with Gasteiger partial charge in [-0.25, -0.2) is 0 Å². The number of aryl methyl sites for hydroxylation is 1. The van der Waals surface area contributed by atoms with Crippen LogP contribution in [0.15, 0.2) is 11.4 Å². The number of aliphatic hydroxyl groups is 1. The van der Waals surface area contributed by atoms with Gasteiger partial charge in [-0.1, -0.05) is 13.8 Å². The van der Waals surface area contributed by atoms with Crippen LogP contribution in [0.3, 0.4) is 0 Å². The van der Waals surface area contributed by atoms with Gasteiger partial charge in [0, 0.05) is 4.88 Å². The van der Waals surface area contributed by atoms with E-state index in [0.717, 1.165) is 18.4 Å². The molecule has 1 aromatic rings. The zero-order valence-corrected chi connectivity index (χ0v) is 9.24. The van der Waals surface area contributed by atoms with Crippen LogP contribution in [0.25, 0.3) is 0 Å². The molecule has 1 unspecified atom stereocenters. The van der Waals surface area contributed by atoms with E-state index in [0.29, 0.717) is 0 Å². The molecule has 1 aromatic heterocycles. The van der Waals surface area contributed by atoms with Crippen LogP contribution >= 0.6 is 11.3 Å².